The van der Waals surface area contributed by atoms with Crippen LogP contribution in [-0.2, 0) is 4.79 Å². The van der Waals surface area contributed by atoms with Crippen molar-refractivity contribution in [2.75, 3.05) is 0 Å². The molecule has 1 aliphatic carbocycles. The van der Waals surface area contributed by atoms with Gasteiger partial charge in [-0.15, -0.1) is 0 Å². The number of ketones is 1. The zero-order valence-electron chi connectivity index (χ0n) is 12.5. The minimum Gasteiger partial charge on any atom is -0.281 e. The molecule has 0 heterocycles. The summed E-state index contributed by atoms with van der Waals surface area (Å²) in [6.45, 7) is 0. The van der Waals surface area contributed by atoms with Gasteiger partial charge in [-0.25, -0.2) is 4.39 Å². The molecule has 1 aromatic rings. The molecular weight excluding hydrogens is 405 g/mol. The van der Waals surface area contributed by atoms with Crippen LogP contribution in [0.4, 0.5) is 48.3 Å². The Bertz CT molecular complexity index is 787. The number of hydrogen-bond acceptors (Lipinski definition) is 1. The second-order valence-electron chi connectivity index (χ2n) is 5.48. The number of hydrogen-bond donors (Lipinski definition) is 0. The molecule has 1 aliphatic rings. The van der Waals surface area contributed by atoms with E-state index in [0.29, 0.717) is 0 Å². The second kappa shape index (κ2) is 5.59. The smallest absolute Gasteiger partial charge is 0.281 e. The molecule has 1 nitrogen and oxygen atoms in total. The van der Waals surface area contributed by atoms with Crippen molar-refractivity contribution >= 4 is 5.78 Å². The Morgan fingerprint density at radius 1 is 0.630 bits per heavy atom. The molecule has 2 rings (SSSR count). The van der Waals surface area contributed by atoms with Crippen LogP contribution in [0.1, 0.15) is 5.56 Å². The van der Waals surface area contributed by atoms with Crippen LogP contribution in [0.5, 0.6) is 0 Å². The molecule has 27 heavy (non-hydrogen) atoms. The lowest BCUT2D eigenvalue weighted by atomic mass is 9.70. The molecule has 0 spiro atoms. The SMILES string of the molecule is O=C(C#Cc1ccccc1)C1(F)C(F)(F)C(F)(F)C(F)(F)C(F)(F)C1(F)F. The van der Waals surface area contributed by atoms with Gasteiger partial charge in [-0.3, -0.25) is 4.79 Å². The van der Waals surface area contributed by atoms with Gasteiger partial charge in [0.25, 0.3) is 5.78 Å². The number of carbonyl (C=O) groups excluding carboxylic acids is 1. The molecule has 0 aliphatic heterocycles. The van der Waals surface area contributed by atoms with Crippen LogP contribution in [0.3, 0.4) is 0 Å². The number of carbonyl (C=O) groups is 1. The number of halogens is 11. The van der Waals surface area contributed by atoms with Crippen molar-refractivity contribution in [3.8, 4) is 11.8 Å². The summed E-state index contributed by atoms with van der Waals surface area (Å²) in [7, 11) is 0. The van der Waals surface area contributed by atoms with Crippen LogP contribution in [-0.4, -0.2) is 41.1 Å². The summed E-state index contributed by atoms with van der Waals surface area (Å²) in [5, 5.41) is 0. The Morgan fingerprint density at radius 2 is 1.00 bits per heavy atom. The van der Waals surface area contributed by atoms with Crippen LogP contribution in [0.2, 0.25) is 0 Å². The van der Waals surface area contributed by atoms with E-state index in [-0.39, 0.29) is 5.56 Å². The number of rotatable bonds is 1. The van der Waals surface area contributed by atoms with E-state index >= 15 is 0 Å². The van der Waals surface area contributed by atoms with Crippen molar-refractivity contribution in [2.45, 2.75) is 35.3 Å². The molecule has 1 saturated carbocycles. The summed E-state index contributed by atoms with van der Waals surface area (Å²) in [6.07, 6.45) is 0. The minimum absolute atomic E-state index is 0.291. The first-order valence-corrected chi connectivity index (χ1v) is 6.69. The fourth-order valence-corrected chi connectivity index (χ4v) is 2.24. The lowest BCUT2D eigenvalue weighted by molar-refractivity contribution is -0.475. The predicted molar refractivity (Wildman–Crippen MR) is 66.9 cm³/mol. The van der Waals surface area contributed by atoms with Crippen LogP contribution in [0.15, 0.2) is 30.3 Å². The summed E-state index contributed by atoms with van der Waals surface area (Å²) in [5.74, 6) is -37.5. The highest BCUT2D eigenvalue weighted by Gasteiger charge is 3.02. The molecule has 0 radical (unpaired) electrons. The largest absolute Gasteiger partial charge is 0.384 e. The van der Waals surface area contributed by atoms with Gasteiger partial charge < -0.3 is 0 Å². The van der Waals surface area contributed by atoms with Gasteiger partial charge in [-0.1, -0.05) is 24.1 Å². The highest BCUT2D eigenvalue weighted by Crippen LogP contribution is 2.69. The third-order valence-corrected chi connectivity index (χ3v) is 3.85. The van der Waals surface area contributed by atoms with Gasteiger partial charge in [0.2, 0.25) is 0 Å². The zero-order valence-corrected chi connectivity index (χ0v) is 12.5. The first-order chi connectivity index (χ1) is 12.0. The summed E-state index contributed by atoms with van der Waals surface area (Å²) < 4.78 is 148. The van der Waals surface area contributed by atoms with Crippen molar-refractivity contribution < 1.29 is 53.1 Å². The number of alkyl halides is 11. The average molecular weight is 410 g/mol. The van der Waals surface area contributed by atoms with Crippen LogP contribution in [0, 0.1) is 11.8 Å². The van der Waals surface area contributed by atoms with E-state index in [2.05, 4.69) is 0 Å². The molecule has 12 heteroatoms. The maximum Gasteiger partial charge on any atom is 0.384 e. The van der Waals surface area contributed by atoms with E-state index in [1.54, 1.807) is 0 Å². The van der Waals surface area contributed by atoms with E-state index in [1.165, 1.54) is 24.1 Å². The highest BCUT2D eigenvalue weighted by atomic mass is 19.4. The molecular formula is C15H5F11O. The third-order valence-electron chi connectivity index (χ3n) is 3.85. The van der Waals surface area contributed by atoms with Gasteiger partial charge in [-0.05, 0) is 18.1 Å². The first-order valence-electron chi connectivity index (χ1n) is 6.69. The monoisotopic (exact) mass is 410 g/mol. The second-order valence-corrected chi connectivity index (χ2v) is 5.48. The zero-order chi connectivity index (χ0) is 21.1. The van der Waals surface area contributed by atoms with E-state index in [4.69, 9.17) is 0 Å². The Balaban J connectivity index is 2.72. The van der Waals surface area contributed by atoms with Crippen molar-refractivity contribution in [2.24, 2.45) is 0 Å². The van der Waals surface area contributed by atoms with Gasteiger partial charge in [0.1, 0.15) is 0 Å². The van der Waals surface area contributed by atoms with Crippen molar-refractivity contribution in [3.05, 3.63) is 35.9 Å². The summed E-state index contributed by atoms with van der Waals surface area (Å²) in [6, 6.07) is 5.91. The lowest BCUT2D eigenvalue weighted by Gasteiger charge is -2.51. The maximum atomic E-state index is 14.3. The van der Waals surface area contributed by atoms with Gasteiger partial charge >= 0.3 is 35.3 Å². The first kappa shape index (κ1) is 21.0. The molecule has 0 unspecified atom stereocenters. The Hall–Kier alpha value is -2.32. The topological polar surface area (TPSA) is 17.1 Å². The van der Waals surface area contributed by atoms with Gasteiger partial charge in [0.15, 0.2) is 0 Å². The molecule has 0 amide bonds. The molecule has 0 atom stereocenters. The van der Waals surface area contributed by atoms with E-state index < -0.39 is 41.1 Å². The standard InChI is InChI=1S/C15H5F11O/c16-10(9(27)7-6-8-4-2-1-3-5-8)11(17,18)13(21,22)15(25,26)14(23,24)12(10,19)20/h1-5H. The minimum atomic E-state index is -7.37. The van der Waals surface area contributed by atoms with E-state index in [0.717, 1.165) is 18.1 Å². The summed E-state index contributed by atoms with van der Waals surface area (Å²) in [5.41, 5.74) is -7.02. The number of Topliss-reactive ketones (excluding diaryl/α,β-unsaturated/α-hetero) is 1. The highest BCUT2D eigenvalue weighted by molar-refractivity contribution is 6.04. The van der Waals surface area contributed by atoms with E-state index in [1.807, 2.05) is 0 Å². The van der Waals surface area contributed by atoms with Crippen molar-refractivity contribution in [1.29, 1.82) is 0 Å². The average Bonchev–Trinajstić information content (AvgIpc) is 2.57. The molecule has 1 aromatic carbocycles. The van der Waals surface area contributed by atoms with Crippen LogP contribution in [0.25, 0.3) is 0 Å². The Morgan fingerprint density at radius 3 is 1.41 bits per heavy atom. The predicted octanol–water partition coefficient (Wildman–Crippen LogP) is 4.51. The van der Waals surface area contributed by atoms with Gasteiger partial charge in [-0.2, -0.15) is 43.9 Å². The Labute approximate surface area is 143 Å². The fraction of sp³-hybridized carbons (Fsp3) is 0.400. The molecule has 0 saturated heterocycles. The molecule has 0 N–H and O–H groups in total. The van der Waals surface area contributed by atoms with Gasteiger partial charge in [0.05, 0.1) is 0 Å². The molecule has 148 valence electrons. The maximum absolute atomic E-state index is 14.3. The quantitative estimate of drug-likeness (QED) is 0.492. The fourth-order valence-electron chi connectivity index (χ4n) is 2.24. The third kappa shape index (κ3) is 2.23. The normalized spacial score (nSPS) is 25.7. The van der Waals surface area contributed by atoms with Gasteiger partial charge in [0, 0.05) is 5.56 Å². The van der Waals surface area contributed by atoms with Crippen LogP contribution >= 0.6 is 0 Å². The molecule has 1 fully saturated rings. The van der Waals surface area contributed by atoms with Crippen molar-refractivity contribution in [3.63, 3.8) is 0 Å². The summed E-state index contributed by atoms with van der Waals surface area (Å²) in [4.78, 5) is 11.5. The Kier molecular flexibility index (Phi) is 4.34. The van der Waals surface area contributed by atoms with E-state index in [9.17, 15) is 53.1 Å². The van der Waals surface area contributed by atoms with Crippen molar-refractivity contribution in [1.82, 2.24) is 0 Å². The number of benzene rings is 1. The summed E-state index contributed by atoms with van der Waals surface area (Å²) >= 11 is 0. The molecule has 0 bridgehead atoms. The van der Waals surface area contributed by atoms with Crippen LogP contribution < -0.4 is 0 Å². The lowest BCUT2D eigenvalue weighted by Crippen LogP contribution is -2.85. The molecule has 0 aromatic heterocycles.